The monoisotopic (exact) mass is 317 g/mol. The minimum atomic E-state index is 0.411. The van der Waals surface area contributed by atoms with Crippen molar-refractivity contribution in [3.63, 3.8) is 0 Å². The molecule has 3 heterocycles. The molecule has 0 saturated heterocycles. The third kappa shape index (κ3) is 2.60. The summed E-state index contributed by atoms with van der Waals surface area (Å²) in [6.07, 6.45) is 8.33. The molecule has 3 aromatic heterocycles. The fourth-order valence-corrected chi connectivity index (χ4v) is 1.70. The quantitative estimate of drug-likeness (QED) is 0.743. The van der Waals surface area contributed by atoms with Crippen LogP contribution in [0, 0.1) is 0 Å². The molecule has 0 spiro atoms. The Kier molecular flexibility index (Phi) is 3.20. The molecular formula is C12H8BrN5O. The predicted molar refractivity (Wildman–Crippen MR) is 71.2 cm³/mol. The van der Waals surface area contributed by atoms with Gasteiger partial charge in [0.25, 0.3) is 5.95 Å². The van der Waals surface area contributed by atoms with Crippen molar-refractivity contribution in [2.75, 3.05) is 0 Å². The van der Waals surface area contributed by atoms with Gasteiger partial charge in [-0.25, -0.2) is 9.67 Å². The largest absolute Gasteiger partial charge is 0.436 e. The fourth-order valence-electron chi connectivity index (χ4n) is 1.43. The van der Waals surface area contributed by atoms with Crippen molar-refractivity contribution in [1.82, 2.24) is 24.7 Å². The standard InChI is InChI=1S/C12H8BrN5O/c13-10-8-15-12(18-6-2-5-16-18)17-11(10)19-9-3-1-4-14-7-9/h1-8H. The summed E-state index contributed by atoms with van der Waals surface area (Å²) in [7, 11) is 0. The summed E-state index contributed by atoms with van der Waals surface area (Å²) in [5, 5.41) is 4.07. The number of ether oxygens (including phenoxy) is 1. The minimum absolute atomic E-state index is 0.411. The maximum absolute atomic E-state index is 5.65. The van der Waals surface area contributed by atoms with Crippen LogP contribution in [-0.2, 0) is 0 Å². The van der Waals surface area contributed by atoms with Crippen LogP contribution >= 0.6 is 15.9 Å². The molecule has 0 radical (unpaired) electrons. The van der Waals surface area contributed by atoms with Crippen LogP contribution in [0.15, 0.2) is 53.7 Å². The van der Waals surface area contributed by atoms with E-state index in [2.05, 4.69) is 36.0 Å². The van der Waals surface area contributed by atoms with Crippen LogP contribution in [0.2, 0.25) is 0 Å². The predicted octanol–water partition coefficient (Wildman–Crippen LogP) is 2.61. The van der Waals surface area contributed by atoms with E-state index in [1.165, 1.54) is 0 Å². The van der Waals surface area contributed by atoms with Gasteiger partial charge in [0.15, 0.2) is 0 Å². The maximum Gasteiger partial charge on any atom is 0.253 e. The van der Waals surface area contributed by atoms with Crippen molar-refractivity contribution >= 4 is 15.9 Å². The summed E-state index contributed by atoms with van der Waals surface area (Å²) in [6.45, 7) is 0. The smallest absolute Gasteiger partial charge is 0.253 e. The lowest BCUT2D eigenvalue weighted by molar-refractivity contribution is 0.454. The first kappa shape index (κ1) is 11.8. The second kappa shape index (κ2) is 5.15. The van der Waals surface area contributed by atoms with E-state index in [-0.39, 0.29) is 0 Å². The Balaban J connectivity index is 1.95. The molecule has 0 unspecified atom stereocenters. The first-order valence-electron chi connectivity index (χ1n) is 5.43. The number of rotatable bonds is 3. The maximum atomic E-state index is 5.65. The fraction of sp³-hybridized carbons (Fsp3) is 0. The lowest BCUT2D eigenvalue weighted by Gasteiger charge is -2.07. The van der Waals surface area contributed by atoms with E-state index in [4.69, 9.17) is 4.74 Å². The van der Waals surface area contributed by atoms with E-state index in [0.717, 1.165) is 0 Å². The molecule has 0 aromatic carbocycles. The normalized spacial score (nSPS) is 10.4. The molecular weight excluding hydrogens is 310 g/mol. The Morgan fingerprint density at radius 1 is 1.16 bits per heavy atom. The van der Waals surface area contributed by atoms with Gasteiger partial charge in [0.2, 0.25) is 5.88 Å². The Hall–Kier alpha value is -2.28. The summed E-state index contributed by atoms with van der Waals surface area (Å²) in [6, 6.07) is 5.39. The average molecular weight is 318 g/mol. The van der Waals surface area contributed by atoms with Gasteiger partial charge in [-0.2, -0.15) is 10.1 Å². The van der Waals surface area contributed by atoms with Gasteiger partial charge in [-0.1, -0.05) is 0 Å². The van der Waals surface area contributed by atoms with Gasteiger partial charge in [0.05, 0.1) is 16.9 Å². The highest BCUT2D eigenvalue weighted by Crippen LogP contribution is 2.26. The molecule has 0 saturated carbocycles. The van der Waals surface area contributed by atoms with Gasteiger partial charge in [0.1, 0.15) is 5.75 Å². The molecule has 0 aliphatic carbocycles. The van der Waals surface area contributed by atoms with Gasteiger partial charge in [-0.05, 0) is 34.1 Å². The van der Waals surface area contributed by atoms with E-state index in [0.29, 0.717) is 22.1 Å². The van der Waals surface area contributed by atoms with Crippen LogP contribution in [0.3, 0.4) is 0 Å². The minimum Gasteiger partial charge on any atom is -0.436 e. The highest BCUT2D eigenvalue weighted by Gasteiger charge is 2.09. The van der Waals surface area contributed by atoms with Crippen molar-refractivity contribution in [2.24, 2.45) is 0 Å². The summed E-state index contributed by atoms with van der Waals surface area (Å²) in [5.74, 6) is 1.45. The first-order valence-corrected chi connectivity index (χ1v) is 6.23. The van der Waals surface area contributed by atoms with Crippen LogP contribution in [0.5, 0.6) is 11.6 Å². The number of aromatic nitrogens is 5. The molecule has 0 bridgehead atoms. The van der Waals surface area contributed by atoms with E-state index >= 15 is 0 Å². The zero-order chi connectivity index (χ0) is 13.1. The Labute approximate surface area is 117 Å². The van der Waals surface area contributed by atoms with E-state index in [1.807, 2.05) is 0 Å². The number of nitrogens with zero attached hydrogens (tertiary/aromatic N) is 5. The van der Waals surface area contributed by atoms with Crippen LogP contribution in [0.4, 0.5) is 0 Å². The van der Waals surface area contributed by atoms with E-state index in [1.54, 1.807) is 53.9 Å². The van der Waals surface area contributed by atoms with Gasteiger partial charge in [-0.3, -0.25) is 4.98 Å². The second-order valence-electron chi connectivity index (χ2n) is 3.56. The summed E-state index contributed by atoms with van der Waals surface area (Å²) in [4.78, 5) is 12.5. The third-order valence-corrected chi connectivity index (χ3v) is 2.80. The topological polar surface area (TPSA) is 65.7 Å². The second-order valence-corrected chi connectivity index (χ2v) is 4.42. The number of hydrogen-bond donors (Lipinski definition) is 0. The van der Waals surface area contributed by atoms with Gasteiger partial charge >= 0.3 is 0 Å². The molecule has 3 aromatic rings. The first-order chi connectivity index (χ1) is 9.33. The van der Waals surface area contributed by atoms with Gasteiger partial charge in [-0.15, -0.1) is 0 Å². The van der Waals surface area contributed by atoms with Crippen molar-refractivity contribution in [3.8, 4) is 17.6 Å². The molecule has 0 N–H and O–H groups in total. The summed E-state index contributed by atoms with van der Waals surface area (Å²) >= 11 is 3.35. The third-order valence-electron chi connectivity index (χ3n) is 2.26. The molecule has 3 rings (SSSR count). The number of halogens is 1. The van der Waals surface area contributed by atoms with Gasteiger partial charge in [0, 0.05) is 18.6 Å². The molecule has 0 aliphatic rings. The SMILES string of the molecule is Brc1cnc(-n2cccn2)nc1Oc1cccnc1. The molecule has 19 heavy (non-hydrogen) atoms. The lowest BCUT2D eigenvalue weighted by atomic mass is 10.5. The highest BCUT2D eigenvalue weighted by molar-refractivity contribution is 9.10. The van der Waals surface area contributed by atoms with E-state index in [9.17, 15) is 0 Å². The van der Waals surface area contributed by atoms with Crippen LogP contribution in [0.1, 0.15) is 0 Å². The molecule has 94 valence electrons. The van der Waals surface area contributed by atoms with Crippen LogP contribution < -0.4 is 4.74 Å². The van der Waals surface area contributed by atoms with Crippen molar-refractivity contribution in [3.05, 3.63) is 53.7 Å². The van der Waals surface area contributed by atoms with E-state index < -0.39 is 0 Å². The Morgan fingerprint density at radius 2 is 2.11 bits per heavy atom. The van der Waals surface area contributed by atoms with Crippen molar-refractivity contribution in [2.45, 2.75) is 0 Å². The molecule has 0 fully saturated rings. The highest BCUT2D eigenvalue weighted by atomic mass is 79.9. The summed E-state index contributed by atoms with van der Waals surface area (Å²) in [5.41, 5.74) is 0. The zero-order valence-electron chi connectivity index (χ0n) is 9.64. The summed E-state index contributed by atoms with van der Waals surface area (Å²) < 4.78 is 7.86. The van der Waals surface area contributed by atoms with Crippen LogP contribution in [0.25, 0.3) is 5.95 Å². The number of hydrogen-bond acceptors (Lipinski definition) is 5. The lowest BCUT2D eigenvalue weighted by Crippen LogP contribution is -2.02. The Bertz CT molecular complexity index is 672. The van der Waals surface area contributed by atoms with Crippen molar-refractivity contribution in [1.29, 1.82) is 0 Å². The zero-order valence-corrected chi connectivity index (χ0v) is 11.2. The molecule has 7 heteroatoms. The average Bonchev–Trinajstić information content (AvgIpc) is 2.96. The van der Waals surface area contributed by atoms with Crippen LogP contribution in [-0.4, -0.2) is 24.7 Å². The van der Waals surface area contributed by atoms with Gasteiger partial charge < -0.3 is 4.74 Å². The Morgan fingerprint density at radius 3 is 2.84 bits per heavy atom. The van der Waals surface area contributed by atoms with Crippen molar-refractivity contribution < 1.29 is 4.74 Å². The molecule has 0 atom stereocenters. The molecule has 6 nitrogen and oxygen atoms in total. The number of pyridine rings is 1. The molecule has 0 amide bonds. The molecule has 0 aliphatic heterocycles.